The number of aliphatic hydroxyl groups is 2. The van der Waals surface area contributed by atoms with Gasteiger partial charge in [0.25, 0.3) is 0 Å². The Morgan fingerprint density at radius 2 is 0.733 bits per heavy atom. The third kappa shape index (κ3) is 47.7. The van der Waals surface area contributed by atoms with E-state index < -0.39 is 12.1 Å². The Kier molecular flexibility index (Phi) is 50.8. The van der Waals surface area contributed by atoms with Crippen LogP contribution in [0, 0.1) is 0 Å². The van der Waals surface area contributed by atoms with Crippen molar-refractivity contribution in [1.29, 1.82) is 0 Å². The molecular formula is C56H107NO3. The number of carbonyl (C=O) groups excluding carboxylic acids is 1. The highest BCUT2D eigenvalue weighted by atomic mass is 16.3. The minimum atomic E-state index is -0.665. The summed E-state index contributed by atoms with van der Waals surface area (Å²) in [5.74, 6) is -0.0388. The minimum Gasteiger partial charge on any atom is -0.394 e. The van der Waals surface area contributed by atoms with Crippen molar-refractivity contribution in [2.45, 2.75) is 309 Å². The Bertz CT molecular complexity index is 912. The van der Waals surface area contributed by atoms with Crippen LogP contribution in [-0.2, 0) is 4.79 Å². The molecule has 354 valence electrons. The van der Waals surface area contributed by atoms with E-state index in [9.17, 15) is 15.0 Å². The van der Waals surface area contributed by atoms with E-state index in [-0.39, 0.29) is 12.5 Å². The first kappa shape index (κ1) is 58.6. The lowest BCUT2D eigenvalue weighted by atomic mass is 10.0. The van der Waals surface area contributed by atoms with Gasteiger partial charge in [0.15, 0.2) is 0 Å². The number of hydrogen-bond donors (Lipinski definition) is 3. The third-order valence-corrected chi connectivity index (χ3v) is 12.7. The van der Waals surface area contributed by atoms with Gasteiger partial charge in [0.2, 0.25) is 5.91 Å². The number of amides is 1. The summed E-state index contributed by atoms with van der Waals surface area (Å²) < 4.78 is 0. The zero-order valence-electron chi connectivity index (χ0n) is 40.7. The fourth-order valence-corrected chi connectivity index (χ4v) is 8.56. The van der Waals surface area contributed by atoms with Crippen molar-refractivity contribution in [3.8, 4) is 0 Å². The molecule has 2 atom stereocenters. The molecule has 0 fully saturated rings. The maximum absolute atomic E-state index is 12.4. The number of aliphatic hydroxyl groups excluding tert-OH is 2. The second kappa shape index (κ2) is 52.0. The lowest BCUT2D eigenvalue weighted by Crippen LogP contribution is -2.45. The summed E-state index contributed by atoms with van der Waals surface area (Å²) in [7, 11) is 0. The van der Waals surface area contributed by atoms with Gasteiger partial charge < -0.3 is 15.5 Å². The van der Waals surface area contributed by atoms with E-state index in [2.05, 4.69) is 55.6 Å². The lowest BCUT2D eigenvalue weighted by molar-refractivity contribution is -0.123. The molecule has 0 aromatic carbocycles. The Morgan fingerprint density at radius 1 is 0.417 bits per heavy atom. The Hall–Kier alpha value is -1.39. The van der Waals surface area contributed by atoms with Gasteiger partial charge in [0, 0.05) is 6.42 Å². The molecular weight excluding hydrogens is 735 g/mol. The summed E-state index contributed by atoms with van der Waals surface area (Å²) in [6, 6.07) is -0.543. The molecule has 0 aliphatic rings. The molecule has 0 heterocycles. The zero-order valence-corrected chi connectivity index (χ0v) is 40.7. The van der Waals surface area contributed by atoms with Gasteiger partial charge in [-0.05, 0) is 44.9 Å². The molecule has 0 rings (SSSR count). The fraction of sp³-hybridized carbons (Fsp3) is 0.875. The van der Waals surface area contributed by atoms with Crippen molar-refractivity contribution < 1.29 is 15.0 Å². The van der Waals surface area contributed by atoms with Crippen LogP contribution in [0.2, 0.25) is 0 Å². The van der Waals surface area contributed by atoms with E-state index in [1.54, 1.807) is 0 Å². The molecule has 0 aliphatic carbocycles. The minimum absolute atomic E-state index is 0.0388. The van der Waals surface area contributed by atoms with Crippen molar-refractivity contribution in [2.24, 2.45) is 0 Å². The SMILES string of the molecule is CC/C=C\C/C=C\C/C=C\CCCCCCCCCC(=O)NC(CO)C(O)CCCCCCCCCCCCCCCCCCCCCCCCCCCCCCCCC. The Labute approximate surface area is 376 Å². The maximum atomic E-state index is 12.4. The van der Waals surface area contributed by atoms with Gasteiger partial charge >= 0.3 is 0 Å². The van der Waals surface area contributed by atoms with Crippen molar-refractivity contribution in [3.05, 3.63) is 36.5 Å². The summed E-state index contributed by atoms with van der Waals surface area (Å²) in [4.78, 5) is 12.4. The van der Waals surface area contributed by atoms with E-state index in [1.165, 1.54) is 225 Å². The van der Waals surface area contributed by atoms with E-state index in [0.29, 0.717) is 12.8 Å². The average molecular weight is 842 g/mol. The number of rotatable bonds is 50. The molecule has 3 N–H and O–H groups in total. The Balaban J connectivity index is 3.41. The molecule has 60 heavy (non-hydrogen) atoms. The molecule has 0 spiro atoms. The normalized spacial score (nSPS) is 13.1. The standard InChI is InChI=1S/C56H107NO3/c1-3-5-7-9-11-13-15-17-19-21-22-23-24-25-26-27-28-29-30-31-32-33-34-36-37-39-41-43-45-47-49-51-55(59)54(53-58)57-56(60)52-50-48-46-44-42-40-38-35-20-18-16-14-12-10-8-6-4-2/h6,8,12,14,18,20,54-55,58-59H,3-5,7,9-11,13,15-17,19,21-53H2,1-2H3,(H,57,60)/b8-6-,14-12-,20-18-. The van der Waals surface area contributed by atoms with Crippen molar-refractivity contribution in [2.75, 3.05) is 6.61 Å². The smallest absolute Gasteiger partial charge is 0.220 e. The highest BCUT2D eigenvalue weighted by molar-refractivity contribution is 5.76. The van der Waals surface area contributed by atoms with Crippen molar-refractivity contribution >= 4 is 5.91 Å². The van der Waals surface area contributed by atoms with Crippen LogP contribution in [0.4, 0.5) is 0 Å². The number of allylic oxidation sites excluding steroid dienone is 6. The zero-order chi connectivity index (χ0) is 43.5. The van der Waals surface area contributed by atoms with Crippen LogP contribution in [0.15, 0.2) is 36.5 Å². The second-order valence-electron chi connectivity index (χ2n) is 18.6. The van der Waals surface area contributed by atoms with E-state index in [1.807, 2.05) is 0 Å². The molecule has 0 bridgehead atoms. The van der Waals surface area contributed by atoms with Crippen molar-refractivity contribution in [3.63, 3.8) is 0 Å². The molecule has 0 saturated heterocycles. The average Bonchev–Trinajstić information content (AvgIpc) is 3.25. The summed E-state index contributed by atoms with van der Waals surface area (Å²) in [5.41, 5.74) is 0. The first-order valence-electron chi connectivity index (χ1n) is 27.2. The molecule has 0 aromatic rings. The molecule has 4 nitrogen and oxygen atoms in total. The topological polar surface area (TPSA) is 69.6 Å². The summed E-state index contributed by atoms with van der Waals surface area (Å²) in [6.07, 6.45) is 69.9. The van der Waals surface area contributed by atoms with E-state index >= 15 is 0 Å². The first-order chi connectivity index (χ1) is 29.7. The quantitative estimate of drug-likeness (QED) is 0.0422. The predicted octanol–water partition coefficient (Wildman–Crippen LogP) is 17.7. The molecule has 2 unspecified atom stereocenters. The summed E-state index contributed by atoms with van der Waals surface area (Å²) in [5, 5.41) is 23.3. The van der Waals surface area contributed by atoms with Gasteiger partial charge in [-0.1, -0.05) is 281 Å². The third-order valence-electron chi connectivity index (χ3n) is 12.7. The number of nitrogens with one attached hydrogen (secondary N) is 1. The number of hydrogen-bond acceptors (Lipinski definition) is 3. The van der Waals surface area contributed by atoms with Crippen molar-refractivity contribution in [1.82, 2.24) is 5.32 Å². The molecule has 1 amide bonds. The highest BCUT2D eigenvalue weighted by Gasteiger charge is 2.20. The highest BCUT2D eigenvalue weighted by Crippen LogP contribution is 2.18. The van der Waals surface area contributed by atoms with Crippen LogP contribution in [0.25, 0.3) is 0 Å². The van der Waals surface area contributed by atoms with Crippen LogP contribution in [0.5, 0.6) is 0 Å². The number of unbranched alkanes of at least 4 members (excludes halogenated alkanes) is 37. The Morgan fingerprint density at radius 3 is 1.10 bits per heavy atom. The number of carbonyl (C=O) groups is 1. The maximum Gasteiger partial charge on any atom is 0.220 e. The van der Waals surface area contributed by atoms with Crippen LogP contribution in [0.3, 0.4) is 0 Å². The summed E-state index contributed by atoms with van der Waals surface area (Å²) in [6.45, 7) is 4.27. The second-order valence-corrected chi connectivity index (χ2v) is 18.6. The van der Waals surface area contributed by atoms with Gasteiger partial charge in [0.1, 0.15) is 0 Å². The van der Waals surface area contributed by atoms with Gasteiger partial charge in [-0.15, -0.1) is 0 Å². The largest absolute Gasteiger partial charge is 0.394 e. The first-order valence-corrected chi connectivity index (χ1v) is 27.2. The van der Waals surface area contributed by atoms with Crippen LogP contribution in [-0.4, -0.2) is 34.9 Å². The van der Waals surface area contributed by atoms with Crippen LogP contribution in [0.1, 0.15) is 296 Å². The molecule has 4 heteroatoms. The van der Waals surface area contributed by atoms with Gasteiger partial charge in [-0.2, -0.15) is 0 Å². The summed E-state index contributed by atoms with van der Waals surface area (Å²) >= 11 is 0. The monoisotopic (exact) mass is 842 g/mol. The molecule has 0 aliphatic heterocycles. The molecule has 0 radical (unpaired) electrons. The van der Waals surface area contributed by atoms with E-state index in [4.69, 9.17) is 0 Å². The predicted molar refractivity (Wildman–Crippen MR) is 267 cm³/mol. The van der Waals surface area contributed by atoms with Gasteiger partial charge in [-0.25, -0.2) is 0 Å². The van der Waals surface area contributed by atoms with Crippen LogP contribution < -0.4 is 5.32 Å². The molecule has 0 saturated carbocycles. The van der Waals surface area contributed by atoms with Gasteiger partial charge in [-0.3, -0.25) is 4.79 Å². The lowest BCUT2D eigenvalue weighted by Gasteiger charge is -2.22. The fourth-order valence-electron chi connectivity index (χ4n) is 8.56. The molecule has 0 aromatic heterocycles. The van der Waals surface area contributed by atoms with Crippen LogP contribution >= 0.6 is 0 Å². The van der Waals surface area contributed by atoms with Gasteiger partial charge in [0.05, 0.1) is 18.8 Å². The van der Waals surface area contributed by atoms with E-state index in [0.717, 1.165) is 44.9 Å².